The van der Waals surface area contributed by atoms with Gasteiger partial charge in [0.25, 0.3) is 0 Å². The number of nitrogens with zero attached hydrogens (tertiary/aromatic N) is 2. The highest BCUT2D eigenvalue weighted by molar-refractivity contribution is 14.0. The molecule has 0 aromatic heterocycles. The Morgan fingerprint density at radius 2 is 1.96 bits per heavy atom. The van der Waals surface area contributed by atoms with Gasteiger partial charge in [-0.2, -0.15) is 13.2 Å². The monoisotopic (exact) mass is 520 g/mol. The molecule has 2 aliphatic rings. The van der Waals surface area contributed by atoms with Gasteiger partial charge >= 0.3 is 6.18 Å². The maximum absolute atomic E-state index is 12.5. The number of guanidine groups is 1. The molecule has 0 amide bonds. The van der Waals surface area contributed by atoms with Crippen LogP contribution in [0.2, 0.25) is 0 Å². The van der Waals surface area contributed by atoms with E-state index in [0.717, 1.165) is 38.6 Å². The lowest BCUT2D eigenvalue weighted by molar-refractivity contribution is -0.143. The third kappa shape index (κ3) is 9.02. The van der Waals surface area contributed by atoms with Crippen molar-refractivity contribution in [2.24, 2.45) is 16.3 Å². The van der Waals surface area contributed by atoms with Gasteiger partial charge in [0.15, 0.2) is 5.96 Å². The first-order valence-corrected chi connectivity index (χ1v) is 10.2. The summed E-state index contributed by atoms with van der Waals surface area (Å²) in [5, 5.41) is 6.75. The Morgan fingerprint density at radius 3 is 2.57 bits per heavy atom. The van der Waals surface area contributed by atoms with Crippen LogP contribution < -0.4 is 10.6 Å². The van der Waals surface area contributed by atoms with Crippen molar-refractivity contribution < 1.29 is 17.9 Å². The van der Waals surface area contributed by atoms with Crippen molar-refractivity contribution in [2.45, 2.75) is 51.6 Å². The highest BCUT2D eigenvalue weighted by atomic mass is 127. The molecule has 166 valence electrons. The van der Waals surface area contributed by atoms with E-state index < -0.39 is 12.7 Å². The van der Waals surface area contributed by atoms with Gasteiger partial charge in [-0.05, 0) is 50.5 Å². The average Bonchev–Trinajstić information content (AvgIpc) is 3.24. The number of ether oxygens (including phenoxy) is 1. The minimum Gasteiger partial charge on any atom is -0.382 e. The summed E-state index contributed by atoms with van der Waals surface area (Å²) in [5.41, 5.74) is 0.268. The quantitative estimate of drug-likeness (QED) is 0.211. The molecule has 1 atom stereocenters. The largest absolute Gasteiger partial charge is 0.401 e. The Labute approximate surface area is 184 Å². The molecule has 2 fully saturated rings. The van der Waals surface area contributed by atoms with Gasteiger partial charge in [0.05, 0.1) is 6.54 Å². The zero-order valence-electron chi connectivity index (χ0n) is 17.1. The van der Waals surface area contributed by atoms with Crippen molar-refractivity contribution in [1.29, 1.82) is 0 Å². The summed E-state index contributed by atoms with van der Waals surface area (Å²) in [4.78, 5) is 5.78. The van der Waals surface area contributed by atoms with E-state index in [1.807, 2.05) is 6.92 Å². The number of hydrogen-bond acceptors (Lipinski definition) is 3. The van der Waals surface area contributed by atoms with E-state index in [-0.39, 0.29) is 35.3 Å². The van der Waals surface area contributed by atoms with Gasteiger partial charge in [-0.3, -0.25) is 9.89 Å². The van der Waals surface area contributed by atoms with Crippen molar-refractivity contribution in [3.63, 3.8) is 0 Å². The van der Waals surface area contributed by atoms with Crippen molar-refractivity contribution in [2.75, 3.05) is 53.0 Å². The highest BCUT2D eigenvalue weighted by Gasteiger charge is 2.35. The van der Waals surface area contributed by atoms with Crippen LogP contribution >= 0.6 is 24.0 Å². The molecule has 5 nitrogen and oxygen atoms in total. The summed E-state index contributed by atoms with van der Waals surface area (Å²) in [6.07, 6.45) is 2.67. The summed E-state index contributed by atoms with van der Waals surface area (Å²) >= 11 is 0. The van der Waals surface area contributed by atoms with Crippen molar-refractivity contribution in [1.82, 2.24) is 15.5 Å². The van der Waals surface area contributed by atoms with Crippen LogP contribution in [0, 0.1) is 11.3 Å². The van der Waals surface area contributed by atoms with E-state index in [4.69, 9.17) is 4.74 Å². The Kier molecular flexibility index (Phi) is 11.4. The van der Waals surface area contributed by atoms with Crippen LogP contribution in [0.5, 0.6) is 0 Å². The number of rotatable bonds is 9. The summed E-state index contributed by atoms with van der Waals surface area (Å²) in [7, 11) is 1.74. The molecule has 1 aliphatic heterocycles. The van der Waals surface area contributed by atoms with Gasteiger partial charge in [0.1, 0.15) is 0 Å². The smallest absolute Gasteiger partial charge is 0.382 e. The van der Waals surface area contributed by atoms with Gasteiger partial charge < -0.3 is 15.4 Å². The number of hydrogen-bond donors (Lipinski definition) is 2. The van der Waals surface area contributed by atoms with Gasteiger partial charge in [-0.25, -0.2) is 0 Å². The molecule has 0 spiro atoms. The van der Waals surface area contributed by atoms with Crippen LogP contribution in [-0.4, -0.2) is 70.0 Å². The Hall–Kier alpha value is -0.290. The van der Waals surface area contributed by atoms with Crippen LogP contribution in [0.4, 0.5) is 13.2 Å². The first-order chi connectivity index (χ1) is 12.9. The van der Waals surface area contributed by atoms with E-state index in [9.17, 15) is 13.2 Å². The summed E-state index contributed by atoms with van der Waals surface area (Å²) in [5.74, 6) is 0.969. The highest BCUT2D eigenvalue weighted by Crippen LogP contribution is 2.40. The molecule has 2 N–H and O–H groups in total. The summed E-state index contributed by atoms with van der Waals surface area (Å²) < 4.78 is 43.1. The molecule has 1 unspecified atom stereocenters. The molecular weight excluding hydrogens is 484 g/mol. The van der Waals surface area contributed by atoms with Gasteiger partial charge in [-0.1, -0.05) is 12.8 Å². The fourth-order valence-electron chi connectivity index (χ4n) is 4.28. The molecule has 1 saturated carbocycles. The molecule has 9 heteroatoms. The third-order valence-corrected chi connectivity index (χ3v) is 5.83. The van der Waals surface area contributed by atoms with Gasteiger partial charge in [-0.15, -0.1) is 24.0 Å². The van der Waals surface area contributed by atoms with E-state index >= 15 is 0 Å². The Bertz CT molecular complexity index is 471. The maximum atomic E-state index is 12.5. The molecule has 1 heterocycles. The number of alkyl halides is 3. The standard InChI is InChI=1S/C19H35F3N4O.HI/c1-3-27-11-9-18(7-4-5-8-18)14-25-17(23-2)24-12-16-6-10-26(13-16)15-19(20,21)22;/h16H,3-15H2,1-2H3,(H2,23,24,25);1H. The topological polar surface area (TPSA) is 48.9 Å². The van der Waals surface area contributed by atoms with Crippen LogP contribution in [0.3, 0.4) is 0 Å². The second-order valence-electron chi connectivity index (χ2n) is 7.97. The van der Waals surface area contributed by atoms with Crippen LogP contribution in [0.25, 0.3) is 0 Å². The van der Waals surface area contributed by atoms with Crippen LogP contribution in [0.15, 0.2) is 4.99 Å². The third-order valence-electron chi connectivity index (χ3n) is 5.83. The molecular formula is C19H36F3IN4O. The minimum atomic E-state index is -4.11. The molecule has 0 radical (unpaired) electrons. The molecule has 0 bridgehead atoms. The lowest BCUT2D eigenvalue weighted by Gasteiger charge is -2.30. The van der Waals surface area contributed by atoms with Crippen molar-refractivity contribution in [3.8, 4) is 0 Å². The van der Waals surface area contributed by atoms with Crippen LogP contribution in [0.1, 0.15) is 45.4 Å². The zero-order valence-corrected chi connectivity index (χ0v) is 19.4. The Balaban J connectivity index is 0.00000392. The average molecular weight is 520 g/mol. The van der Waals surface area contributed by atoms with E-state index in [2.05, 4.69) is 15.6 Å². The number of nitrogens with one attached hydrogen (secondary N) is 2. The van der Waals surface area contributed by atoms with Crippen molar-refractivity contribution >= 4 is 29.9 Å². The number of likely N-dealkylation sites (tertiary alicyclic amines) is 1. The fraction of sp³-hybridized carbons (Fsp3) is 0.947. The minimum absolute atomic E-state index is 0. The first kappa shape index (κ1) is 25.7. The Morgan fingerprint density at radius 1 is 1.25 bits per heavy atom. The number of aliphatic imine (C=N–C) groups is 1. The lowest BCUT2D eigenvalue weighted by atomic mass is 9.83. The predicted octanol–water partition coefficient (Wildman–Crippen LogP) is 3.64. The van der Waals surface area contributed by atoms with Gasteiger partial charge in [0, 0.05) is 39.9 Å². The lowest BCUT2D eigenvalue weighted by Crippen LogP contribution is -2.45. The number of halogens is 4. The predicted molar refractivity (Wildman–Crippen MR) is 117 cm³/mol. The maximum Gasteiger partial charge on any atom is 0.401 e. The summed E-state index contributed by atoms with van der Waals surface area (Å²) in [6.45, 7) is 5.27. The SMILES string of the molecule is CCOCCC1(CNC(=NC)NCC2CCN(CC(F)(F)F)C2)CCCC1.I. The van der Waals surface area contributed by atoms with Crippen LogP contribution in [-0.2, 0) is 4.74 Å². The molecule has 1 saturated heterocycles. The normalized spacial score (nSPS) is 22.9. The molecule has 0 aromatic rings. The molecule has 28 heavy (non-hydrogen) atoms. The second-order valence-corrected chi connectivity index (χ2v) is 7.97. The summed E-state index contributed by atoms with van der Waals surface area (Å²) in [6, 6.07) is 0. The van der Waals surface area contributed by atoms with E-state index in [0.29, 0.717) is 19.6 Å². The van der Waals surface area contributed by atoms with Crippen molar-refractivity contribution in [3.05, 3.63) is 0 Å². The first-order valence-electron chi connectivity index (χ1n) is 10.2. The zero-order chi connectivity index (χ0) is 19.8. The van der Waals surface area contributed by atoms with E-state index in [1.54, 1.807) is 7.05 Å². The molecule has 2 rings (SSSR count). The second kappa shape index (κ2) is 12.4. The van der Waals surface area contributed by atoms with Gasteiger partial charge in [0.2, 0.25) is 0 Å². The van der Waals surface area contributed by atoms with E-state index in [1.165, 1.54) is 30.6 Å². The molecule has 0 aromatic carbocycles. The fourth-order valence-corrected chi connectivity index (χ4v) is 4.28. The molecule has 1 aliphatic carbocycles.